The molecule has 0 rings (SSSR count). The van der Waals surface area contributed by atoms with E-state index in [1.165, 1.54) is 0 Å². The third kappa shape index (κ3) is 5.61. The summed E-state index contributed by atoms with van der Waals surface area (Å²) in [6.07, 6.45) is 3.13. The van der Waals surface area contributed by atoms with Crippen LogP contribution in [0, 0.1) is 0 Å². The third-order valence-corrected chi connectivity index (χ3v) is 1.40. The van der Waals surface area contributed by atoms with Crippen molar-refractivity contribution in [1.29, 1.82) is 0 Å². The van der Waals surface area contributed by atoms with Gasteiger partial charge in [0.15, 0.2) is 0 Å². The van der Waals surface area contributed by atoms with Crippen LogP contribution >= 0.6 is 0 Å². The zero-order valence-corrected chi connectivity index (χ0v) is 6.86. The predicted molar refractivity (Wildman–Crippen MR) is 44.2 cm³/mol. The molecule has 0 spiro atoms. The molecule has 0 aromatic heterocycles. The van der Waals surface area contributed by atoms with Gasteiger partial charge in [0.05, 0.1) is 0 Å². The minimum Gasteiger partial charge on any atom is -0.395 e. The summed E-state index contributed by atoms with van der Waals surface area (Å²) < 4.78 is 4.07. The molecular formula is C8H13NO3. The van der Waals surface area contributed by atoms with Gasteiger partial charge in [-0.25, -0.2) is 0 Å². The van der Waals surface area contributed by atoms with Crippen LogP contribution in [-0.4, -0.2) is 18.5 Å². The lowest BCUT2D eigenvalue weighted by atomic mass is 10.1. The van der Waals surface area contributed by atoms with Gasteiger partial charge in [-0.1, -0.05) is 6.08 Å². The fraction of sp³-hybridized carbons (Fsp3) is 0.500. The van der Waals surface area contributed by atoms with Crippen LogP contribution in [0.2, 0.25) is 0 Å². The van der Waals surface area contributed by atoms with Gasteiger partial charge in [0.25, 0.3) is 0 Å². The summed E-state index contributed by atoms with van der Waals surface area (Å²) >= 11 is 0. The number of hydrogen-bond donors (Lipinski definition) is 1. The lowest BCUT2D eigenvalue weighted by Gasteiger charge is -2.03. The zero-order valence-electron chi connectivity index (χ0n) is 6.86. The van der Waals surface area contributed by atoms with E-state index in [9.17, 15) is 9.59 Å². The number of carbonyl (C=O) groups excluding carboxylic acids is 2. The van der Waals surface area contributed by atoms with E-state index in [0.29, 0.717) is 12.8 Å². The minimum atomic E-state index is -0.513. The zero-order chi connectivity index (χ0) is 9.40. The number of nitrogens with two attached hydrogens (primary N) is 1. The molecule has 0 saturated carbocycles. The first kappa shape index (κ1) is 10.8. The number of rotatable bonds is 6. The lowest BCUT2D eigenvalue weighted by Crippen LogP contribution is -2.16. The van der Waals surface area contributed by atoms with Crippen molar-refractivity contribution >= 4 is 12.4 Å². The van der Waals surface area contributed by atoms with E-state index in [0.717, 1.165) is 0 Å². The summed E-state index contributed by atoms with van der Waals surface area (Å²) in [4.78, 5) is 20.3. The number of esters is 1. The summed E-state index contributed by atoms with van der Waals surface area (Å²) in [5.41, 5.74) is 5.49. The molecule has 0 amide bonds. The van der Waals surface area contributed by atoms with Gasteiger partial charge in [0.2, 0.25) is 0 Å². The van der Waals surface area contributed by atoms with Gasteiger partial charge in [0.1, 0.15) is 0 Å². The van der Waals surface area contributed by atoms with E-state index in [4.69, 9.17) is 5.73 Å². The smallest absolute Gasteiger partial charge is 0.313 e. The largest absolute Gasteiger partial charge is 0.395 e. The Morgan fingerprint density at radius 2 is 2.33 bits per heavy atom. The highest BCUT2D eigenvalue weighted by Crippen LogP contribution is 2.00. The van der Waals surface area contributed by atoms with Crippen LogP contribution in [-0.2, 0) is 14.3 Å². The van der Waals surface area contributed by atoms with Crippen molar-refractivity contribution in [2.75, 3.05) is 0 Å². The monoisotopic (exact) mass is 171 g/mol. The van der Waals surface area contributed by atoms with Crippen LogP contribution in [0.25, 0.3) is 0 Å². The maximum atomic E-state index is 10.6. The maximum Gasteiger partial charge on any atom is 0.313 e. The molecule has 1 unspecified atom stereocenters. The number of hydrogen-bond acceptors (Lipinski definition) is 4. The van der Waals surface area contributed by atoms with Crippen molar-refractivity contribution in [1.82, 2.24) is 0 Å². The first-order valence-electron chi connectivity index (χ1n) is 3.72. The molecule has 0 saturated heterocycles. The normalized spacial score (nSPS) is 11.8. The first-order chi connectivity index (χ1) is 5.70. The van der Waals surface area contributed by atoms with Gasteiger partial charge in [-0.15, -0.1) is 6.58 Å². The summed E-state index contributed by atoms with van der Waals surface area (Å²) in [7, 11) is 0. The van der Waals surface area contributed by atoms with Crippen molar-refractivity contribution in [3.05, 3.63) is 12.7 Å². The molecule has 4 heteroatoms. The molecule has 0 aromatic carbocycles. The Labute approximate surface area is 71.4 Å². The second-order valence-electron chi connectivity index (χ2n) is 2.38. The fourth-order valence-corrected chi connectivity index (χ4v) is 0.713. The molecule has 4 nitrogen and oxygen atoms in total. The average molecular weight is 171 g/mol. The van der Waals surface area contributed by atoms with E-state index in [1.807, 2.05) is 0 Å². The molecule has 68 valence electrons. The van der Waals surface area contributed by atoms with Crippen molar-refractivity contribution in [2.45, 2.75) is 25.3 Å². The highest BCUT2D eigenvalue weighted by Gasteiger charge is 2.03. The minimum absolute atomic E-state index is 0.0889. The molecule has 0 aliphatic rings. The molecule has 1 atom stereocenters. The highest BCUT2D eigenvalue weighted by atomic mass is 16.6. The van der Waals surface area contributed by atoms with Gasteiger partial charge < -0.3 is 10.5 Å². The predicted octanol–water partition coefficient (Wildman–Crippen LogP) is 0.370. The Balaban J connectivity index is 3.36. The van der Waals surface area contributed by atoms with Gasteiger partial charge >= 0.3 is 12.4 Å². The molecule has 0 aliphatic carbocycles. The van der Waals surface area contributed by atoms with E-state index in [1.54, 1.807) is 6.08 Å². The summed E-state index contributed by atoms with van der Waals surface area (Å²) in [6.45, 7) is 3.63. The summed E-state index contributed by atoms with van der Waals surface area (Å²) in [6, 6.07) is -0.0889. The Hall–Kier alpha value is -1.16. The average Bonchev–Trinajstić information content (AvgIpc) is 2.04. The van der Waals surface area contributed by atoms with E-state index in [-0.39, 0.29) is 18.9 Å². The molecule has 0 radical (unpaired) electrons. The maximum absolute atomic E-state index is 10.6. The SMILES string of the molecule is C=CC(N)CCCC(=O)OC=O. The number of ether oxygens (including phenoxy) is 1. The van der Waals surface area contributed by atoms with Crippen LogP contribution in [0.15, 0.2) is 12.7 Å². The van der Waals surface area contributed by atoms with Crippen LogP contribution in [0.3, 0.4) is 0 Å². The Bertz CT molecular complexity index is 168. The molecule has 0 fully saturated rings. The molecule has 0 aliphatic heterocycles. The van der Waals surface area contributed by atoms with Crippen LogP contribution < -0.4 is 5.73 Å². The van der Waals surface area contributed by atoms with Crippen molar-refractivity contribution in [3.8, 4) is 0 Å². The van der Waals surface area contributed by atoms with E-state index < -0.39 is 5.97 Å². The Kier molecular flexibility index (Phi) is 5.91. The molecule has 0 aromatic rings. The van der Waals surface area contributed by atoms with Crippen molar-refractivity contribution in [2.24, 2.45) is 5.73 Å². The van der Waals surface area contributed by atoms with Crippen LogP contribution in [0.4, 0.5) is 0 Å². The van der Waals surface area contributed by atoms with Crippen LogP contribution in [0.1, 0.15) is 19.3 Å². The summed E-state index contributed by atoms with van der Waals surface area (Å²) in [5, 5.41) is 0. The molecule has 2 N–H and O–H groups in total. The molecule has 0 bridgehead atoms. The first-order valence-corrected chi connectivity index (χ1v) is 3.72. The van der Waals surface area contributed by atoms with E-state index in [2.05, 4.69) is 11.3 Å². The molecule has 0 heterocycles. The van der Waals surface area contributed by atoms with Gasteiger partial charge in [0, 0.05) is 12.5 Å². The summed E-state index contributed by atoms with van der Waals surface area (Å²) in [5.74, 6) is -0.513. The fourth-order valence-electron chi connectivity index (χ4n) is 0.713. The lowest BCUT2D eigenvalue weighted by molar-refractivity contribution is -0.151. The topological polar surface area (TPSA) is 69.4 Å². The van der Waals surface area contributed by atoms with Crippen molar-refractivity contribution < 1.29 is 14.3 Å². The number of carbonyl (C=O) groups is 2. The van der Waals surface area contributed by atoms with E-state index >= 15 is 0 Å². The molecular weight excluding hydrogens is 158 g/mol. The highest BCUT2D eigenvalue weighted by molar-refractivity contribution is 5.76. The van der Waals surface area contributed by atoms with Crippen molar-refractivity contribution in [3.63, 3.8) is 0 Å². The van der Waals surface area contributed by atoms with Gasteiger partial charge in [-0.05, 0) is 12.8 Å². The second-order valence-corrected chi connectivity index (χ2v) is 2.38. The third-order valence-electron chi connectivity index (χ3n) is 1.40. The Morgan fingerprint density at radius 1 is 1.67 bits per heavy atom. The van der Waals surface area contributed by atoms with Crippen LogP contribution in [0.5, 0.6) is 0 Å². The van der Waals surface area contributed by atoms with Gasteiger partial charge in [-0.3, -0.25) is 9.59 Å². The standard InChI is InChI=1S/C8H13NO3/c1-2-7(9)4-3-5-8(11)12-6-10/h2,6-7H,1,3-5,9H2. The molecule has 12 heavy (non-hydrogen) atoms. The van der Waals surface area contributed by atoms with Gasteiger partial charge in [-0.2, -0.15) is 0 Å². The quantitative estimate of drug-likeness (QED) is 0.271. The second kappa shape index (κ2) is 6.54. The Morgan fingerprint density at radius 3 is 2.83 bits per heavy atom.